The molecule has 0 bridgehead atoms. The zero-order valence-corrected chi connectivity index (χ0v) is 21.0. The van der Waals surface area contributed by atoms with Crippen molar-refractivity contribution >= 4 is 28.6 Å². The first-order chi connectivity index (χ1) is 18.6. The fourth-order valence-electron chi connectivity index (χ4n) is 4.85. The molecule has 2 saturated heterocycles. The number of nitrogens with zero attached hydrogens (tertiary/aromatic N) is 6. The highest BCUT2D eigenvalue weighted by atomic mass is 16.5. The Morgan fingerprint density at radius 1 is 0.842 bits per heavy atom. The number of nitrogen functional groups attached to an aromatic ring is 1. The van der Waals surface area contributed by atoms with Gasteiger partial charge in [0, 0.05) is 44.0 Å². The lowest BCUT2D eigenvalue weighted by atomic mass is 10.00. The van der Waals surface area contributed by atoms with Crippen LogP contribution >= 0.6 is 0 Å². The van der Waals surface area contributed by atoms with Gasteiger partial charge in [-0.1, -0.05) is 30.3 Å². The molecule has 0 radical (unpaired) electrons. The predicted molar refractivity (Wildman–Crippen MR) is 145 cm³/mol. The number of fused-ring (bicyclic) bond motifs is 1. The third-order valence-electron chi connectivity index (χ3n) is 6.90. The topological polar surface area (TPSA) is 120 Å². The van der Waals surface area contributed by atoms with Crippen molar-refractivity contribution in [2.45, 2.75) is 6.42 Å². The van der Waals surface area contributed by atoms with Crippen LogP contribution in [0.15, 0.2) is 54.9 Å². The van der Waals surface area contributed by atoms with E-state index in [-0.39, 0.29) is 11.9 Å². The number of nitrogens with two attached hydrogens (primary N) is 1. The summed E-state index contributed by atoms with van der Waals surface area (Å²) in [5.41, 5.74) is 10.2. The van der Waals surface area contributed by atoms with Gasteiger partial charge in [0.15, 0.2) is 5.82 Å². The van der Waals surface area contributed by atoms with Crippen LogP contribution in [-0.2, 0) is 20.7 Å². The second kappa shape index (κ2) is 10.7. The van der Waals surface area contributed by atoms with Crippen LogP contribution in [0.2, 0.25) is 0 Å². The number of hydrogen-bond donors (Lipinski definition) is 1. The molecule has 2 aliphatic heterocycles. The Kier molecular flexibility index (Phi) is 6.80. The average Bonchev–Trinajstić information content (AvgIpc) is 2.97. The highest BCUT2D eigenvalue weighted by Crippen LogP contribution is 2.31. The van der Waals surface area contributed by atoms with E-state index in [0.717, 1.165) is 46.5 Å². The monoisotopic (exact) mass is 511 g/mol. The van der Waals surface area contributed by atoms with Gasteiger partial charge in [-0.15, -0.1) is 0 Å². The van der Waals surface area contributed by atoms with Crippen molar-refractivity contribution < 1.29 is 14.3 Å². The van der Waals surface area contributed by atoms with Gasteiger partial charge in [0.1, 0.15) is 5.82 Å². The van der Waals surface area contributed by atoms with Gasteiger partial charge in [-0.05, 0) is 28.8 Å². The molecule has 10 heteroatoms. The first-order valence-corrected chi connectivity index (χ1v) is 12.8. The Morgan fingerprint density at radius 3 is 2.32 bits per heavy atom. The molecule has 2 N–H and O–H groups in total. The summed E-state index contributed by atoms with van der Waals surface area (Å²) in [5, 5.41) is 0.967. The quantitative estimate of drug-likeness (QED) is 0.431. The molecule has 0 atom stereocenters. The second-order valence-corrected chi connectivity index (χ2v) is 9.40. The lowest BCUT2D eigenvalue weighted by Crippen LogP contribution is -2.41. The minimum absolute atomic E-state index is 0.127. The van der Waals surface area contributed by atoms with Crippen LogP contribution in [0.4, 0.5) is 11.8 Å². The second-order valence-electron chi connectivity index (χ2n) is 9.40. The molecule has 1 amide bonds. The molecule has 194 valence electrons. The Balaban J connectivity index is 1.36. The Hall–Kier alpha value is -4.15. The van der Waals surface area contributed by atoms with Crippen LogP contribution in [0.3, 0.4) is 0 Å². The molecule has 4 heterocycles. The predicted octanol–water partition coefficient (Wildman–Crippen LogP) is 2.57. The van der Waals surface area contributed by atoms with E-state index >= 15 is 0 Å². The van der Waals surface area contributed by atoms with Gasteiger partial charge < -0.3 is 25.0 Å². The van der Waals surface area contributed by atoms with E-state index in [9.17, 15) is 4.79 Å². The summed E-state index contributed by atoms with van der Waals surface area (Å²) in [7, 11) is 0. The minimum Gasteiger partial charge on any atom is -0.378 e. The van der Waals surface area contributed by atoms with E-state index in [1.807, 2.05) is 17.0 Å². The average molecular weight is 512 g/mol. The van der Waals surface area contributed by atoms with E-state index in [4.69, 9.17) is 25.2 Å². The zero-order chi connectivity index (χ0) is 25.9. The maximum absolute atomic E-state index is 12.8. The molecule has 2 aromatic heterocycles. The third kappa shape index (κ3) is 5.13. The highest BCUT2D eigenvalue weighted by molar-refractivity contribution is 5.94. The van der Waals surface area contributed by atoms with Crippen LogP contribution in [0.25, 0.3) is 33.4 Å². The van der Waals surface area contributed by atoms with Crippen LogP contribution in [0.1, 0.15) is 5.56 Å². The molecule has 2 fully saturated rings. The van der Waals surface area contributed by atoms with Crippen LogP contribution < -0.4 is 10.6 Å². The lowest BCUT2D eigenvalue weighted by molar-refractivity contribution is -0.134. The van der Waals surface area contributed by atoms with E-state index in [1.165, 1.54) is 0 Å². The summed E-state index contributed by atoms with van der Waals surface area (Å²) in [6, 6.07) is 14.4. The Bertz CT molecular complexity index is 1450. The Morgan fingerprint density at radius 2 is 1.55 bits per heavy atom. The maximum atomic E-state index is 12.8. The highest BCUT2D eigenvalue weighted by Gasteiger charge is 2.20. The van der Waals surface area contributed by atoms with Gasteiger partial charge in [-0.3, -0.25) is 4.79 Å². The number of hydrogen-bond acceptors (Lipinski definition) is 9. The summed E-state index contributed by atoms with van der Waals surface area (Å²) in [6.45, 7) is 5.31. The SMILES string of the molecule is Nc1ncc(-c2nc(N3CCOCC3)c3ccc(-c4cccc(CC(=O)N5CCOCC5)c4)cc3n2)cn1. The third-order valence-corrected chi connectivity index (χ3v) is 6.90. The number of carbonyl (C=O) groups excluding carboxylic acids is 1. The molecule has 2 aromatic carbocycles. The van der Waals surface area contributed by atoms with Gasteiger partial charge in [0.2, 0.25) is 11.9 Å². The lowest BCUT2D eigenvalue weighted by Gasteiger charge is -2.29. The number of anilines is 2. The summed E-state index contributed by atoms with van der Waals surface area (Å²) in [4.78, 5) is 34.9. The fraction of sp³-hybridized carbons (Fsp3) is 0.321. The number of carbonyl (C=O) groups is 1. The van der Waals surface area contributed by atoms with Crippen molar-refractivity contribution in [2.24, 2.45) is 0 Å². The molecule has 4 aromatic rings. The minimum atomic E-state index is 0.127. The van der Waals surface area contributed by atoms with Crippen LogP contribution in [0, 0.1) is 0 Å². The molecule has 2 aliphatic rings. The molecule has 38 heavy (non-hydrogen) atoms. The van der Waals surface area contributed by atoms with Gasteiger partial charge >= 0.3 is 0 Å². The van der Waals surface area contributed by atoms with Gasteiger partial charge in [-0.2, -0.15) is 0 Å². The summed E-state index contributed by atoms with van der Waals surface area (Å²) in [5.74, 6) is 1.74. The van der Waals surface area contributed by atoms with Crippen molar-refractivity contribution in [3.8, 4) is 22.5 Å². The van der Waals surface area contributed by atoms with Gasteiger partial charge in [0.05, 0.1) is 43.9 Å². The van der Waals surface area contributed by atoms with E-state index in [1.54, 1.807) is 12.4 Å². The molecule has 6 rings (SSSR count). The molecule has 0 aliphatic carbocycles. The largest absolute Gasteiger partial charge is 0.378 e. The number of morpholine rings is 2. The van der Waals surface area contributed by atoms with E-state index in [0.29, 0.717) is 57.3 Å². The summed E-state index contributed by atoms with van der Waals surface area (Å²) >= 11 is 0. The smallest absolute Gasteiger partial charge is 0.227 e. The molecule has 0 saturated carbocycles. The van der Waals surface area contributed by atoms with Crippen LogP contribution in [-0.4, -0.2) is 83.3 Å². The van der Waals surface area contributed by atoms with E-state index < -0.39 is 0 Å². The molecule has 0 unspecified atom stereocenters. The normalized spacial score (nSPS) is 16.1. The van der Waals surface area contributed by atoms with Gasteiger partial charge in [-0.25, -0.2) is 19.9 Å². The molecular weight excluding hydrogens is 482 g/mol. The number of rotatable bonds is 5. The summed E-state index contributed by atoms with van der Waals surface area (Å²) < 4.78 is 10.9. The number of ether oxygens (including phenoxy) is 2. The first kappa shape index (κ1) is 24.2. The number of amides is 1. The number of aromatic nitrogens is 4. The van der Waals surface area contributed by atoms with Gasteiger partial charge in [0.25, 0.3) is 0 Å². The molecule has 10 nitrogen and oxygen atoms in total. The maximum Gasteiger partial charge on any atom is 0.227 e. The molecular formula is C28H29N7O3. The summed E-state index contributed by atoms with van der Waals surface area (Å²) in [6.07, 6.45) is 3.66. The van der Waals surface area contributed by atoms with Crippen LogP contribution in [0.5, 0.6) is 0 Å². The van der Waals surface area contributed by atoms with Crippen molar-refractivity contribution in [3.63, 3.8) is 0 Å². The zero-order valence-electron chi connectivity index (χ0n) is 21.0. The standard InChI is InChI=1S/C28H29N7O3/c29-28-30-17-22(18-31-28)26-32-24-16-21(4-5-23(24)27(33-26)35-8-12-38-13-9-35)20-3-1-2-19(14-20)15-25(36)34-6-10-37-11-7-34/h1-5,14,16-18H,6-13,15H2,(H2,29,30,31). The Labute approximate surface area is 220 Å². The number of benzene rings is 2. The van der Waals surface area contributed by atoms with Crippen molar-refractivity contribution in [1.82, 2.24) is 24.8 Å². The van der Waals surface area contributed by atoms with Crippen molar-refractivity contribution in [3.05, 3.63) is 60.4 Å². The van der Waals surface area contributed by atoms with Crippen molar-refractivity contribution in [2.75, 3.05) is 63.2 Å². The fourth-order valence-corrected chi connectivity index (χ4v) is 4.85. The molecule has 0 spiro atoms. The first-order valence-electron chi connectivity index (χ1n) is 12.8. The van der Waals surface area contributed by atoms with E-state index in [2.05, 4.69) is 45.2 Å². The van der Waals surface area contributed by atoms with Crippen molar-refractivity contribution in [1.29, 1.82) is 0 Å².